The van der Waals surface area contributed by atoms with Gasteiger partial charge in [-0.25, -0.2) is 19.2 Å². The molecule has 4 saturated carbocycles. The third-order valence-electron chi connectivity index (χ3n) is 12.6. The van der Waals surface area contributed by atoms with E-state index in [2.05, 4.69) is 30.7 Å². The molecule has 0 saturated heterocycles. The van der Waals surface area contributed by atoms with E-state index < -0.39 is 36.3 Å². The molecule has 4 aliphatic rings. The maximum atomic E-state index is 12.7. The van der Waals surface area contributed by atoms with Gasteiger partial charge in [0, 0.05) is 30.7 Å². The fourth-order valence-corrected chi connectivity index (χ4v) is 9.87. The summed E-state index contributed by atoms with van der Waals surface area (Å²) in [6, 6.07) is 18.7. The van der Waals surface area contributed by atoms with Gasteiger partial charge in [0.05, 0.1) is 39.6 Å². The lowest BCUT2D eigenvalue weighted by Gasteiger charge is -2.41. The van der Waals surface area contributed by atoms with Crippen molar-refractivity contribution in [2.75, 3.05) is 65.9 Å². The van der Waals surface area contributed by atoms with E-state index >= 15 is 0 Å². The summed E-state index contributed by atoms with van der Waals surface area (Å²) in [5.41, 5.74) is 0.481. The summed E-state index contributed by atoms with van der Waals surface area (Å²) in [5.74, 6) is 2.18. The molecule has 2 bridgehead atoms. The van der Waals surface area contributed by atoms with Crippen LogP contribution in [0.1, 0.15) is 51.9 Å². The standard InChI is InChI=1S/C46H60N2O12/c1-4-40(49)55-22-12-20-47-42(51)59-35(28-57-33-14-8-6-9-15-33)26-53-31-44(3)19-18-38-37(24-44)39-25-45(38)30-46(39,45)32-54-27-36(29-58-34-16-10-7-11-17-34)60-43(52)48-21-13-23-56-41(50)5-2/h4-11,14-17,35-39H,1-2,12-13,18-32H2,3H3,(H,47,51)(H,48,52). The first-order chi connectivity index (χ1) is 29.1. The quantitative estimate of drug-likeness (QED) is 0.0462. The average Bonchev–Trinajstić information content (AvgIpc) is 3.47. The number of benzene rings is 2. The van der Waals surface area contributed by atoms with Crippen LogP contribution in [0.2, 0.25) is 0 Å². The highest BCUT2D eigenvalue weighted by molar-refractivity contribution is 5.81. The van der Waals surface area contributed by atoms with Gasteiger partial charge in [-0.1, -0.05) is 56.5 Å². The summed E-state index contributed by atoms with van der Waals surface area (Å²) in [4.78, 5) is 47.9. The summed E-state index contributed by atoms with van der Waals surface area (Å²) < 4.78 is 46.1. The van der Waals surface area contributed by atoms with Crippen molar-refractivity contribution in [3.8, 4) is 11.5 Å². The third-order valence-corrected chi connectivity index (χ3v) is 12.6. The number of alkyl carbamates (subject to hydrolysis) is 2. The Kier molecular flexibility index (Phi) is 15.5. The number of carbonyl (C=O) groups excluding carboxylic acids is 4. The molecule has 2 aromatic carbocycles. The molecule has 0 radical (unpaired) electrons. The first kappa shape index (κ1) is 44.5. The van der Waals surface area contributed by atoms with Gasteiger partial charge in [0.25, 0.3) is 0 Å². The lowest BCUT2D eigenvalue weighted by Crippen LogP contribution is -2.39. The minimum absolute atomic E-state index is 0.0197. The van der Waals surface area contributed by atoms with E-state index in [1.54, 1.807) is 0 Å². The van der Waals surface area contributed by atoms with E-state index in [1.807, 2.05) is 60.7 Å². The minimum Gasteiger partial charge on any atom is -0.490 e. The Labute approximate surface area is 352 Å². The highest BCUT2D eigenvalue weighted by Gasteiger charge is 2.88. The van der Waals surface area contributed by atoms with Crippen LogP contribution in [0, 0.1) is 34.0 Å². The van der Waals surface area contributed by atoms with Gasteiger partial charge in [0.15, 0.2) is 12.2 Å². The average molecular weight is 833 g/mol. The molecule has 0 aromatic heterocycles. The molecule has 4 fully saturated rings. The first-order valence-corrected chi connectivity index (χ1v) is 21.1. The Balaban J connectivity index is 0.961. The summed E-state index contributed by atoms with van der Waals surface area (Å²) in [5, 5.41) is 5.42. The minimum atomic E-state index is -0.638. The van der Waals surface area contributed by atoms with Crippen molar-refractivity contribution in [1.29, 1.82) is 0 Å². The number of esters is 2. The van der Waals surface area contributed by atoms with Crippen LogP contribution in [-0.4, -0.2) is 102 Å². The zero-order chi connectivity index (χ0) is 42.4. The molecule has 2 amide bonds. The fourth-order valence-electron chi connectivity index (χ4n) is 9.87. The molecule has 14 heteroatoms. The number of carbonyl (C=O) groups is 4. The second kappa shape index (κ2) is 20.9. The zero-order valence-electron chi connectivity index (χ0n) is 34.6. The highest BCUT2D eigenvalue weighted by atomic mass is 16.6. The van der Waals surface area contributed by atoms with Crippen molar-refractivity contribution in [3.05, 3.63) is 86.0 Å². The highest BCUT2D eigenvalue weighted by Crippen LogP contribution is 2.93. The second-order valence-corrected chi connectivity index (χ2v) is 16.8. The van der Waals surface area contributed by atoms with Gasteiger partial charge >= 0.3 is 24.1 Å². The van der Waals surface area contributed by atoms with Crippen molar-refractivity contribution in [1.82, 2.24) is 10.6 Å². The molecule has 60 heavy (non-hydrogen) atoms. The largest absolute Gasteiger partial charge is 0.490 e. The van der Waals surface area contributed by atoms with Gasteiger partial charge in [0.2, 0.25) is 0 Å². The number of hydrogen-bond donors (Lipinski definition) is 2. The molecule has 8 unspecified atom stereocenters. The zero-order valence-corrected chi connectivity index (χ0v) is 34.6. The fraction of sp³-hybridized carbons (Fsp3) is 0.565. The normalized spacial score (nSPS) is 26.3. The maximum Gasteiger partial charge on any atom is 0.407 e. The summed E-state index contributed by atoms with van der Waals surface area (Å²) in [6.45, 7) is 11.8. The molecular weight excluding hydrogens is 773 g/mol. The lowest BCUT2D eigenvalue weighted by atomic mass is 9.66. The third kappa shape index (κ3) is 11.4. The van der Waals surface area contributed by atoms with Gasteiger partial charge in [-0.05, 0) is 97.8 Å². The van der Waals surface area contributed by atoms with Crippen LogP contribution in [0.5, 0.6) is 11.5 Å². The molecule has 2 N–H and O–H groups in total. The Bertz CT molecular complexity index is 1760. The van der Waals surface area contributed by atoms with Crippen molar-refractivity contribution < 1.29 is 57.1 Å². The topological polar surface area (TPSA) is 166 Å². The van der Waals surface area contributed by atoms with Gasteiger partial charge in [0.1, 0.15) is 24.7 Å². The van der Waals surface area contributed by atoms with Crippen molar-refractivity contribution in [3.63, 3.8) is 0 Å². The van der Waals surface area contributed by atoms with Crippen LogP contribution >= 0.6 is 0 Å². The lowest BCUT2D eigenvalue weighted by molar-refractivity contribution is -0.138. The maximum absolute atomic E-state index is 12.7. The predicted molar refractivity (Wildman–Crippen MR) is 220 cm³/mol. The summed E-state index contributed by atoms with van der Waals surface area (Å²) in [6.07, 6.45) is 6.32. The molecule has 326 valence electrons. The first-order valence-electron chi connectivity index (χ1n) is 21.1. The van der Waals surface area contributed by atoms with Gasteiger partial charge in [-0.2, -0.15) is 0 Å². The molecule has 2 aromatic rings. The molecular formula is C46H60N2O12. The molecule has 14 nitrogen and oxygen atoms in total. The second-order valence-electron chi connectivity index (χ2n) is 16.8. The van der Waals surface area contributed by atoms with Crippen LogP contribution in [0.15, 0.2) is 86.0 Å². The SMILES string of the molecule is C=CC(=O)OCCCNC(=O)OC(COCC1(C)CCC2C(C1)C1CC23CC13COCC(COc1ccccc1)OC(=O)NCCCOC(=O)C=C)COc1ccccc1. The molecule has 0 aliphatic heterocycles. The number of nitrogens with one attached hydrogen (secondary N) is 2. The van der Waals surface area contributed by atoms with Crippen LogP contribution in [0.25, 0.3) is 0 Å². The Morgan fingerprint density at radius 3 is 1.75 bits per heavy atom. The van der Waals surface area contributed by atoms with Crippen LogP contribution in [0.3, 0.4) is 0 Å². The van der Waals surface area contributed by atoms with E-state index in [0.717, 1.165) is 31.4 Å². The van der Waals surface area contributed by atoms with E-state index in [0.29, 0.717) is 60.7 Å². The van der Waals surface area contributed by atoms with Crippen LogP contribution < -0.4 is 20.1 Å². The number of fused-ring (bicyclic) bond motifs is 2. The Hall–Kier alpha value is -5.08. The predicted octanol–water partition coefficient (Wildman–Crippen LogP) is 6.44. The van der Waals surface area contributed by atoms with E-state index in [4.69, 9.17) is 37.9 Å². The molecule has 4 aliphatic carbocycles. The number of amides is 2. The van der Waals surface area contributed by atoms with Crippen molar-refractivity contribution in [2.45, 2.75) is 64.1 Å². The van der Waals surface area contributed by atoms with Gasteiger partial charge < -0.3 is 48.5 Å². The number of ether oxygens (including phenoxy) is 8. The van der Waals surface area contributed by atoms with E-state index in [-0.39, 0.29) is 63.6 Å². The monoisotopic (exact) mass is 832 g/mol. The van der Waals surface area contributed by atoms with Crippen molar-refractivity contribution in [2.24, 2.45) is 34.0 Å². The smallest absolute Gasteiger partial charge is 0.407 e. The van der Waals surface area contributed by atoms with E-state index in [9.17, 15) is 19.2 Å². The number of rotatable bonds is 26. The van der Waals surface area contributed by atoms with Crippen LogP contribution in [0.4, 0.5) is 9.59 Å². The van der Waals surface area contributed by atoms with Crippen LogP contribution in [-0.2, 0) is 38.0 Å². The number of para-hydroxylation sites is 2. The Morgan fingerprint density at radius 1 is 0.717 bits per heavy atom. The number of hydrogen-bond acceptors (Lipinski definition) is 12. The Morgan fingerprint density at radius 2 is 1.23 bits per heavy atom. The molecule has 8 atom stereocenters. The van der Waals surface area contributed by atoms with Gasteiger partial charge in [-0.15, -0.1) is 0 Å². The molecule has 6 rings (SSSR count). The molecule has 0 spiro atoms. The van der Waals surface area contributed by atoms with Gasteiger partial charge in [-0.3, -0.25) is 0 Å². The molecule has 0 heterocycles. The summed E-state index contributed by atoms with van der Waals surface area (Å²) in [7, 11) is 0. The van der Waals surface area contributed by atoms with Crippen molar-refractivity contribution >= 4 is 24.1 Å². The van der Waals surface area contributed by atoms with E-state index in [1.165, 1.54) is 12.8 Å². The summed E-state index contributed by atoms with van der Waals surface area (Å²) >= 11 is 0.